The standard InChI is InChI=1S/C28H37ClN2O5/c29-23-9-11-24(12-10-23)36-21-28(34)20-30(16-13-26(28)32)19-22-6-4-7-25(18-22)35-17-5-15-31-14-3-1-2-8-27(31)33/h4,6-7,9-12,18,26,32,34H,1-3,5,8,13-17,19-21H2/t26-,28-/m0/s1. The van der Waals surface area contributed by atoms with Crippen molar-refractivity contribution in [1.29, 1.82) is 0 Å². The van der Waals surface area contributed by atoms with E-state index in [2.05, 4.69) is 4.90 Å². The van der Waals surface area contributed by atoms with Crippen LogP contribution in [-0.2, 0) is 11.3 Å². The van der Waals surface area contributed by atoms with E-state index < -0.39 is 11.7 Å². The Balaban J connectivity index is 1.25. The van der Waals surface area contributed by atoms with Crippen molar-refractivity contribution >= 4 is 17.5 Å². The summed E-state index contributed by atoms with van der Waals surface area (Å²) in [4.78, 5) is 16.2. The zero-order chi connectivity index (χ0) is 25.4. The minimum absolute atomic E-state index is 0.00499. The molecule has 4 rings (SSSR count). The van der Waals surface area contributed by atoms with E-state index in [9.17, 15) is 15.0 Å². The lowest BCUT2D eigenvalue weighted by Gasteiger charge is -2.42. The summed E-state index contributed by atoms with van der Waals surface area (Å²) in [7, 11) is 0. The van der Waals surface area contributed by atoms with Gasteiger partial charge in [-0.15, -0.1) is 0 Å². The molecule has 2 heterocycles. The van der Waals surface area contributed by atoms with Crippen molar-refractivity contribution in [2.45, 2.75) is 56.8 Å². The van der Waals surface area contributed by atoms with Gasteiger partial charge in [0.05, 0.1) is 12.7 Å². The van der Waals surface area contributed by atoms with E-state index in [1.807, 2.05) is 29.2 Å². The van der Waals surface area contributed by atoms with Gasteiger partial charge in [0.25, 0.3) is 0 Å². The van der Waals surface area contributed by atoms with Crippen LogP contribution in [0.15, 0.2) is 48.5 Å². The molecule has 2 N–H and O–H groups in total. The summed E-state index contributed by atoms with van der Waals surface area (Å²) in [6, 6.07) is 14.9. The predicted molar refractivity (Wildman–Crippen MR) is 139 cm³/mol. The molecule has 7 nitrogen and oxygen atoms in total. The quantitative estimate of drug-likeness (QED) is 0.466. The third kappa shape index (κ3) is 7.59. The van der Waals surface area contributed by atoms with Crippen LogP contribution >= 0.6 is 11.6 Å². The van der Waals surface area contributed by atoms with Crippen LogP contribution < -0.4 is 9.47 Å². The molecule has 0 spiro atoms. The van der Waals surface area contributed by atoms with Gasteiger partial charge >= 0.3 is 0 Å². The van der Waals surface area contributed by atoms with Crippen LogP contribution in [0.4, 0.5) is 0 Å². The summed E-state index contributed by atoms with van der Waals surface area (Å²) in [6.07, 6.45) is 4.30. The van der Waals surface area contributed by atoms with E-state index >= 15 is 0 Å². The second-order valence-electron chi connectivity index (χ2n) is 9.90. The number of rotatable bonds is 10. The van der Waals surface area contributed by atoms with Crippen molar-refractivity contribution in [3.63, 3.8) is 0 Å². The molecular weight excluding hydrogens is 480 g/mol. The smallest absolute Gasteiger partial charge is 0.222 e. The van der Waals surface area contributed by atoms with E-state index in [1.165, 1.54) is 0 Å². The number of likely N-dealkylation sites (tertiary alicyclic amines) is 2. The first-order valence-electron chi connectivity index (χ1n) is 12.9. The lowest BCUT2D eigenvalue weighted by Crippen LogP contribution is -2.59. The number of carbonyl (C=O) groups excluding carboxylic acids is 1. The van der Waals surface area contributed by atoms with Crippen LogP contribution in [0.25, 0.3) is 0 Å². The van der Waals surface area contributed by atoms with Crippen LogP contribution in [-0.4, -0.2) is 77.0 Å². The topological polar surface area (TPSA) is 82.5 Å². The van der Waals surface area contributed by atoms with E-state index in [0.29, 0.717) is 49.9 Å². The average molecular weight is 517 g/mol. The SMILES string of the molecule is O=C1CCCCCN1CCCOc1cccc(CN2CC[C@H](O)[C@@](O)(COc3ccc(Cl)cc3)C2)c1. The fraction of sp³-hybridized carbons (Fsp3) is 0.536. The number of aliphatic hydroxyl groups excluding tert-OH is 1. The Labute approximate surface area is 218 Å². The number of β-amino-alcohol motifs (C(OH)–C–C–N with tert-alkyl or cyclic N) is 1. The van der Waals surface area contributed by atoms with E-state index in [1.54, 1.807) is 24.3 Å². The normalized spacial score (nSPS) is 23.4. The molecule has 2 aromatic carbocycles. The lowest BCUT2D eigenvalue weighted by atomic mass is 9.90. The maximum atomic E-state index is 12.1. The van der Waals surface area contributed by atoms with Crippen molar-refractivity contribution in [2.75, 3.05) is 39.4 Å². The first kappa shape index (κ1) is 26.7. The molecule has 2 fully saturated rings. The molecule has 0 aromatic heterocycles. The number of nitrogens with zero attached hydrogens (tertiary/aromatic N) is 2. The number of ether oxygens (including phenoxy) is 2. The van der Waals surface area contributed by atoms with Crippen LogP contribution in [0.2, 0.25) is 5.02 Å². The van der Waals surface area contributed by atoms with Crippen LogP contribution in [0.1, 0.15) is 44.1 Å². The lowest BCUT2D eigenvalue weighted by molar-refractivity contribution is -0.140. The monoisotopic (exact) mass is 516 g/mol. The van der Waals surface area contributed by atoms with Crippen LogP contribution in [0.3, 0.4) is 0 Å². The third-order valence-corrected chi connectivity index (χ3v) is 7.21. The third-order valence-electron chi connectivity index (χ3n) is 6.96. The van der Waals surface area contributed by atoms with Crippen LogP contribution in [0, 0.1) is 0 Å². The molecular formula is C28H37ClN2O5. The highest BCUT2D eigenvalue weighted by Gasteiger charge is 2.42. The molecule has 8 heteroatoms. The Morgan fingerprint density at radius 3 is 2.69 bits per heavy atom. The van der Waals surface area contributed by atoms with Gasteiger partial charge in [-0.1, -0.05) is 30.2 Å². The zero-order valence-corrected chi connectivity index (χ0v) is 21.5. The highest BCUT2D eigenvalue weighted by molar-refractivity contribution is 6.30. The van der Waals surface area contributed by atoms with E-state index in [4.69, 9.17) is 21.1 Å². The van der Waals surface area contributed by atoms with Gasteiger partial charge in [0.1, 0.15) is 23.7 Å². The fourth-order valence-corrected chi connectivity index (χ4v) is 5.00. The summed E-state index contributed by atoms with van der Waals surface area (Å²) in [6.45, 7) is 3.77. The van der Waals surface area contributed by atoms with Gasteiger partial charge in [-0.3, -0.25) is 9.69 Å². The molecule has 0 unspecified atom stereocenters. The second kappa shape index (κ2) is 12.8. The number of hydrogen-bond acceptors (Lipinski definition) is 6. The number of benzene rings is 2. The van der Waals surface area contributed by atoms with Gasteiger partial charge in [-0.05, 0) is 67.6 Å². The Hall–Kier alpha value is -2.32. The first-order valence-corrected chi connectivity index (χ1v) is 13.3. The Kier molecular flexibility index (Phi) is 9.48. The predicted octanol–water partition coefficient (Wildman–Crippen LogP) is 3.89. The van der Waals surface area contributed by atoms with Crippen LogP contribution in [0.5, 0.6) is 11.5 Å². The molecule has 2 atom stereocenters. The Morgan fingerprint density at radius 1 is 1.03 bits per heavy atom. The Bertz CT molecular complexity index is 988. The van der Waals surface area contributed by atoms with Crippen molar-refractivity contribution in [1.82, 2.24) is 9.80 Å². The minimum Gasteiger partial charge on any atom is -0.494 e. The van der Waals surface area contributed by atoms with Gasteiger partial charge in [0.2, 0.25) is 5.91 Å². The molecule has 0 radical (unpaired) electrons. The average Bonchev–Trinajstić information content (AvgIpc) is 3.08. The largest absolute Gasteiger partial charge is 0.494 e. The number of hydrogen-bond donors (Lipinski definition) is 2. The highest BCUT2D eigenvalue weighted by Crippen LogP contribution is 2.26. The molecule has 2 aromatic rings. The summed E-state index contributed by atoms with van der Waals surface area (Å²) in [5.41, 5.74) is -0.288. The summed E-state index contributed by atoms with van der Waals surface area (Å²) < 4.78 is 11.7. The summed E-state index contributed by atoms with van der Waals surface area (Å²) in [5, 5.41) is 22.3. The molecule has 1 amide bonds. The number of piperidine rings is 1. The summed E-state index contributed by atoms with van der Waals surface area (Å²) in [5.74, 6) is 1.66. The van der Waals surface area contributed by atoms with Gasteiger partial charge in [-0.25, -0.2) is 0 Å². The molecule has 196 valence electrons. The highest BCUT2D eigenvalue weighted by atomic mass is 35.5. The molecule has 0 saturated carbocycles. The van der Waals surface area contributed by atoms with Crippen molar-refractivity contribution in [3.05, 3.63) is 59.1 Å². The van der Waals surface area contributed by atoms with Gasteiger partial charge in [0, 0.05) is 44.2 Å². The molecule has 2 aliphatic heterocycles. The number of aliphatic hydroxyl groups is 2. The fourth-order valence-electron chi connectivity index (χ4n) is 4.87. The van der Waals surface area contributed by atoms with Gasteiger partial charge in [0.15, 0.2) is 0 Å². The van der Waals surface area contributed by atoms with Gasteiger partial charge < -0.3 is 24.6 Å². The summed E-state index contributed by atoms with van der Waals surface area (Å²) >= 11 is 5.92. The number of carbonyl (C=O) groups is 1. The van der Waals surface area contributed by atoms with E-state index in [-0.39, 0.29) is 12.5 Å². The van der Waals surface area contributed by atoms with Crippen molar-refractivity contribution in [2.24, 2.45) is 0 Å². The first-order chi connectivity index (χ1) is 17.4. The molecule has 2 saturated heterocycles. The number of amides is 1. The number of halogens is 1. The maximum Gasteiger partial charge on any atom is 0.222 e. The second-order valence-corrected chi connectivity index (χ2v) is 10.3. The van der Waals surface area contributed by atoms with Gasteiger partial charge in [-0.2, -0.15) is 0 Å². The minimum atomic E-state index is -1.36. The van der Waals surface area contributed by atoms with Crippen molar-refractivity contribution < 1.29 is 24.5 Å². The molecule has 0 aliphatic carbocycles. The van der Waals surface area contributed by atoms with Crippen molar-refractivity contribution in [3.8, 4) is 11.5 Å². The molecule has 2 aliphatic rings. The Morgan fingerprint density at radius 2 is 1.86 bits per heavy atom. The maximum absolute atomic E-state index is 12.1. The zero-order valence-electron chi connectivity index (χ0n) is 20.8. The van der Waals surface area contributed by atoms with E-state index in [0.717, 1.165) is 50.1 Å². The molecule has 0 bridgehead atoms. The molecule has 36 heavy (non-hydrogen) atoms.